The van der Waals surface area contributed by atoms with Gasteiger partial charge in [-0.05, 0) is 32.9 Å². The van der Waals surface area contributed by atoms with Gasteiger partial charge < -0.3 is 9.84 Å². The molecule has 2 heterocycles. The number of hydrogen-bond donors (Lipinski definition) is 1. The average molecular weight is 325 g/mol. The molecule has 3 aromatic rings. The van der Waals surface area contributed by atoms with Crippen molar-refractivity contribution in [2.45, 2.75) is 38.8 Å². The third-order valence-electron chi connectivity index (χ3n) is 4.20. The molecule has 126 valence electrons. The van der Waals surface area contributed by atoms with Crippen LogP contribution >= 0.6 is 0 Å². The predicted molar refractivity (Wildman–Crippen MR) is 92.5 cm³/mol. The van der Waals surface area contributed by atoms with Crippen molar-refractivity contribution in [2.75, 3.05) is 6.54 Å². The summed E-state index contributed by atoms with van der Waals surface area (Å²) in [7, 11) is 0. The summed E-state index contributed by atoms with van der Waals surface area (Å²) in [6, 6.07) is 12.5. The first-order valence-electron chi connectivity index (χ1n) is 8.34. The van der Waals surface area contributed by atoms with E-state index in [1.807, 2.05) is 53.5 Å². The van der Waals surface area contributed by atoms with Crippen LogP contribution in [-0.2, 0) is 6.42 Å². The molecular weight excluding hydrogens is 302 g/mol. The molecule has 0 spiro atoms. The minimum Gasteiger partial charge on any atom is -0.339 e. The standard InChI is InChI=1S/C18H23N5O/c1-14(15(2)23-13-7-12-20-23)19-11-6-10-17-21-18(22-24-17)16-8-4-3-5-9-16/h3-5,7-9,12-15,19H,6,10-11H2,1-2H3/t14-,15+/m1/s1. The van der Waals surface area contributed by atoms with Crippen LogP contribution in [0.3, 0.4) is 0 Å². The highest BCUT2D eigenvalue weighted by Gasteiger charge is 2.13. The molecule has 0 amide bonds. The van der Waals surface area contributed by atoms with Crippen molar-refractivity contribution < 1.29 is 4.52 Å². The van der Waals surface area contributed by atoms with Crippen LogP contribution in [0.1, 0.15) is 32.2 Å². The summed E-state index contributed by atoms with van der Waals surface area (Å²) < 4.78 is 7.30. The second-order valence-electron chi connectivity index (χ2n) is 5.95. The summed E-state index contributed by atoms with van der Waals surface area (Å²) in [4.78, 5) is 4.45. The summed E-state index contributed by atoms with van der Waals surface area (Å²) in [6.07, 6.45) is 5.53. The second-order valence-corrected chi connectivity index (χ2v) is 5.95. The number of nitrogens with one attached hydrogen (secondary N) is 1. The maximum Gasteiger partial charge on any atom is 0.227 e. The molecule has 24 heavy (non-hydrogen) atoms. The third-order valence-corrected chi connectivity index (χ3v) is 4.20. The molecule has 0 aliphatic rings. The van der Waals surface area contributed by atoms with Crippen molar-refractivity contribution in [2.24, 2.45) is 0 Å². The van der Waals surface area contributed by atoms with Crippen molar-refractivity contribution in [1.29, 1.82) is 0 Å². The number of aromatic nitrogens is 4. The Bertz CT molecular complexity index is 723. The molecule has 0 fully saturated rings. The fraction of sp³-hybridized carbons (Fsp3) is 0.389. The van der Waals surface area contributed by atoms with Crippen LogP contribution in [0.25, 0.3) is 11.4 Å². The van der Waals surface area contributed by atoms with Crippen LogP contribution < -0.4 is 5.32 Å². The first-order chi connectivity index (χ1) is 11.7. The summed E-state index contributed by atoms with van der Waals surface area (Å²) in [5, 5.41) is 11.9. The lowest BCUT2D eigenvalue weighted by atomic mass is 10.1. The molecule has 2 aromatic heterocycles. The van der Waals surface area contributed by atoms with Gasteiger partial charge in [0.2, 0.25) is 11.7 Å². The molecular formula is C18H23N5O. The highest BCUT2D eigenvalue weighted by atomic mass is 16.5. The van der Waals surface area contributed by atoms with Gasteiger partial charge in [-0.25, -0.2) is 0 Å². The van der Waals surface area contributed by atoms with Gasteiger partial charge in [0.1, 0.15) is 0 Å². The molecule has 0 saturated carbocycles. The molecule has 6 nitrogen and oxygen atoms in total. The minimum absolute atomic E-state index is 0.313. The number of hydrogen-bond acceptors (Lipinski definition) is 5. The van der Waals surface area contributed by atoms with Gasteiger partial charge in [-0.2, -0.15) is 10.1 Å². The van der Waals surface area contributed by atoms with Gasteiger partial charge in [-0.3, -0.25) is 4.68 Å². The smallest absolute Gasteiger partial charge is 0.227 e. The Balaban J connectivity index is 1.43. The summed E-state index contributed by atoms with van der Waals surface area (Å²) in [5.74, 6) is 1.34. The Labute approximate surface area is 141 Å². The molecule has 0 bridgehead atoms. The summed E-state index contributed by atoms with van der Waals surface area (Å²) >= 11 is 0. The molecule has 1 N–H and O–H groups in total. The van der Waals surface area contributed by atoms with E-state index in [0.717, 1.165) is 24.9 Å². The first-order valence-corrected chi connectivity index (χ1v) is 8.34. The van der Waals surface area contributed by atoms with E-state index in [9.17, 15) is 0 Å². The maximum atomic E-state index is 5.33. The van der Waals surface area contributed by atoms with Gasteiger partial charge in [0, 0.05) is 30.4 Å². The summed E-state index contributed by atoms with van der Waals surface area (Å²) in [6.45, 7) is 5.23. The summed E-state index contributed by atoms with van der Waals surface area (Å²) in [5.41, 5.74) is 0.979. The van der Waals surface area contributed by atoms with Gasteiger partial charge >= 0.3 is 0 Å². The Hall–Kier alpha value is -2.47. The van der Waals surface area contributed by atoms with E-state index < -0.39 is 0 Å². The molecule has 0 saturated heterocycles. The van der Waals surface area contributed by atoms with Gasteiger partial charge in [0.15, 0.2) is 0 Å². The monoisotopic (exact) mass is 325 g/mol. The zero-order chi connectivity index (χ0) is 16.8. The van der Waals surface area contributed by atoms with Crippen molar-refractivity contribution >= 4 is 0 Å². The second kappa shape index (κ2) is 7.88. The predicted octanol–water partition coefficient (Wildman–Crippen LogP) is 3.11. The van der Waals surface area contributed by atoms with Gasteiger partial charge in [-0.1, -0.05) is 35.5 Å². The minimum atomic E-state index is 0.313. The average Bonchev–Trinajstić information content (AvgIpc) is 3.30. The first kappa shape index (κ1) is 16.4. The lowest BCUT2D eigenvalue weighted by Crippen LogP contribution is -2.34. The van der Waals surface area contributed by atoms with Crippen molar-refractivity contribution in [3.05, 3.63) is 54.7 Å². The molecule has 0 radical (unpaired) electrons. The van der Waals surface area contributed by atoms with Crippen molar-refractivity contribution in [1.82, 2.24) is 25.2 Å². The fourth-order valence-corrected chi connectivity index (χ4v) is 2.55. The Kier molecular flexibility index (Phi) is 5.38. The van der Waals surface area contributed by atoms with Crippen LogP contribution in [0.15, 0.2) is 53.3 Å². The van der Waals surface area contributed by atoms with Crippen molar-refractivity contribution in [3.8, 4) is 11.4 Å². The maximum absolute atomic E-state index is 5.33. The Morgan fingerprint density at radius 2 is 2.00 bits per heavy atom. The highest BCUT2D eigenvalue weighted by molar-refractivity contribution is 5.53. The largest absolute Gasteiger partial charge is 0.339 e. The lowest BCUT2D eigenvalue weighted by Gasteiger charge is -2.21. The number of nitrogens with zero attached hydrogens (tertiary/aromatic N) is 4. The highest BCUT2D eigenvalue weighted by Crippen LogP contribution is 2.15. The lowest BCUT2D eigenvalue weighted by molar-refractivity contribution is 0.353. The molecule has 0 aliphatic heterocycles. The van der Waals surface area contributed by atoms with Crippen LogP contribution in [-0.4, -0.2) is 32.5 Å². The van der Waals surface area contributed by atoms with Crippen molar-refractivity contribution in [3.63, 3.8) is 0 Å². The van der Waals surface area contributed by atoms with E-state index in [1.165, 1.54) is 0 Å². The van der Waals surface area contributed by atoms with Gasteiger partial charge in [0.25, 0.3) is 0 Å². The van der Waals surface area contributed by atoms with Crippen LogP contribution in [0.2, 0.25) is 0 Å². The number of aryl methyl sites for hydroxylation is 1. The SMILES string of the molecule is C[C@@H](NCCCc1nc(-c2ccccc2)no1)[C@H](C)n1cccn1. The topological polar surface area (TPSA) is 68.8 Å². The molecule has 2 atom stereocenters. The van der Waals surface area contributed by atoms with Crippen LogP contribution in [0, 0.1) is 0 Å². The number of benzene rings is 1. The Morgan fingerprint density at radius 3 is 2.75 bits per heavy atom. The van der Waals surface area contributed by atoms with E-state index in [-0.39, 0.29) is 0 Å². The third kappa shape index (κ3) is 4.08. The van der Waals surface area contributed by atoms with E-state index in [4.69, 9.17) is 4.52 Å². The molecule has 1 aromatic carbocycles. The Morgan fingerprint density at radius 1 is 1.17 bits per heavy atom. The van der Waals surface area contributed by atoms with E-state index >= 15 is 0 Å². The molecule has 6 heteroatoms. The van der Waals surface area contributed by atoms with Gasteiger partial charge in [-0.15, -0.1) is 0 Å². The van der Waals surface area contributed by atoms with Gasteiger partial charge in [0.05, 0.1) is 6.04 Å². The zero-order valence-electron chi connectivity index (χ0n) is 14.1. The quantitative estimate of drug-likeness (QED) is 0.645. The van der Waals surface area contributed by atoms with Crippen LogP contribution in [0.5, 0.6) is 0 Å². The molecule has 0 aliphatic carbocycles. The van der Waals surface area contributed by atoms with E-state index in [0.29, 0.717) is 23.8 Å². The number of rotatable bonds is 8. The van der Waals surface area contributed by atoms with Crippen LogP contribution in [0.4, 0.5) is 0 Å². The normalized spacial score (nSPS) is 13.8. The molecule has 3 rings (SSSR count). The van der Waals surface area contributed by atoms with E-state index in [1.54, 1.807) is 0 Å². The molecule has 0 unspecified atom stereocenters. The fourth-order valence-electron chi connectivity index (χ4n) is 2.55. The van der Waals surface area contributed by atoms with E-state index in [2.05, 4.69) is 34.4 Å². The zero-order valence-corrected chi connectivity index (χ0v) is 14.1.